The van der Waals surface area contributed by atoms with Gasteiger partial charge in [-0.3, -0.25) is 4.68 Å². The summed E-state index contributed by atoms with van der Waals surface area (Å²) in [6.07, 6.45) is 0. The van der Waals surface area contributed by atoms with Gasteiger partial charge in [-0.2, -0.15) is 5.10 Å². The van der Waals surface area contributed by atoms with Gasteiger partial charge in [-0.15, -0.1) is 11.3 Å². The molecule has 0 fully saturated rings. The Bertz CT molecular complexity index is 539. The molecule has 0 saturated heterocycles. The van der Waals surface area contributed by atoms with Crippen molar-refractivity contribution in [3.8, 4) is 0 Å². The van der Waals surface area contributed by atoms with Crippen molar-refractivity contribution in [2.45, 2.75) is 33.2 Å². The van der Waals surface area contributed by atoms with Gasteiger partial charge in [0.15, 0.2) is 0 Å². The third kappa shape index (κ3) is 2.51. The highest BCUT2D eigenvalue weighted by Gasteiger charge is 2.15. The number of nitrogens with zero attached hydrogens (tertiary/aromatic N) is 2. The van der Waals surface area contributed by atoms with Crippen molar-refractivity contribution < 1.29 is 0 Å². The summed E-state index contributed by atoms with van der Waals surface area (Å²) in [5.41, 5.74) is 7.86. The maximum Gasteiger partial charge on any atom is 0.148 e. The highest BCUT2D eigenvalue weighted by atomic mass is 32.1. The summed E-state index contributed by atoms with van der Waals surface area (Å²) in [5.74, 6) is 1.25. The molecule has 0 aliphatic carbocycles. The van der Waals surface area contributed by atoms with Crippen LogP contribution < -0.4 is 11.1 Å². The summed E-state index contributed by atoms with van der Waals surface area (Å²) in [7, 11) is 1.92. The normalized spacial score (nSPS) is 11.2. The Morgan fingerprint density at radius 2 is 2.17 bits per heavy atom. The molecule has 2 aromatic heterocycles. The summed E-state index contributed by atoms with van der Waals surface area (Å²) in [6, 6.07) is 4.27. The van der Waals surface area contributed by atoms with Crippen molar-refractivity contribution in [1.29, 1.82) is 0 Å². The van der Waals surface area contributed by atoms with Crippen LogP contribution in [0.2, 0.25) is 0 Å². The fourth-order valence-electron chi connectivity index (χ4n) is 1.95. The van der Waals surface area contributed by atoms with E-state index in [1.807, 2.05) is 11.7 Å². The molecule has 0 bridgehead atoms. The summed E-state index contributed by atoms with van der Waals surface area (Å²) >= 11 is 1.80. The van der Waals surface area contributed by atoms with Crippen molar-refractivity contribution in [3.05, 3.63) is 27.6 Å². The fraction of sp³-hybridized carbons (Fsp3) is 0.462. The Morgan fingerprint density at radius 1 is 1.44 bits per heavy atom. The van der Waals surface area contributed by atoms with Crippen LogP contribution in [0.25, 0.3) is 0 Å². The molecule has 0 aliphatic rings. The molecule has 0 aromatic carbocycles. The molecule has 0 unspecified atom stereocenters. The number of rotatable bonds is 4. The Morgan fingerprint density at radius 3 is 2.67 bits per heavy atom. The van der Waals surface area contributed by atoms with Crippen LogP contribution in [-0.2, 0) is 13.6 Å². The second kappa shape index (κ2) is 5.02. The van der Waals surface area contributed by atoms with Crippen molar-refractivity contribution in [1.82, 2.24) is 9.78 Å². The summed E-state index contributed by atoms with van der Waals surface area (Å²) in [5, 5.41) is 7.83. The molecule has 0 spiro atoms. The first kappa shape index (κ1) is 13.0. The topological polar surface area (TPSA) is 55.9 Å². The summed E-state index contributed by atoms with van der Waals surface area (Å²) < 4.78 is 1.82. The number of thiophene rings is 1. The molecule has 2 aromatic rings. The zero-order chi connectivity index (χ0) is 13.3. The van der Waals surface area contributed by atoms with Gasteiger partial charge in [0.1, 0.15) is 5.82 Å². The minimum absolute atomic E-state index is 0.343. The minimum Gasteiger partial charge on any atom is -0.394 e. The first-order valence-corrected chi connectivity index (χ1v) is 6.92. The Labute approximate surface area is 112 Å². The largest absolute Gasteiger partial charge is 0.394 e. The molecule has 0 saturated carbocycles. The molecule has 18 heavy (non-hydrogen) atoms. The molecule has 5 heteroatoms. The number of nitrogens with two attached hydrogens (primary N) is 1. The zero-order valence-electron chi connectivity index (χ0n) is 11.3. The van der Waals surface area contributed by atoms with E-state index in [0.717, 1.165) is 23.7 Å². The first-order valence-electron chi connectivity index (χ1n) is 6.10. The second-order valence-corrected chi connectivity index (χ2v) is 6.16. The van der Waals surface area contributed by atoms with E-state index in [9.17, 15) is 0 Å². The Kier molecular flexibility index (Phi) is 3.61. The van der Waals surface area contributed by atoms with Crippen LogP contribution in [0.1, 0.15) is 35.2 Å². The molecule has 0 atom stereocenters. The lowest BCUT2D eigenvalue weighted by Gasteiger charge is -2.06. The van der Waals surface area contributed by atoms with Gasteiger partial charge in [0, 0.05) is 16.8 Å². The molecule has 0 radical (unpaired) electrons. The van der Waals surface area contributed by atoms with Gasteiger partial charge in [0.2, 0.25) is 0 Å². The van der Waals surface area contributed by atoms with Crippen molar-refractivity contribution in [3.63, 3.8) is 0 Å². The monoisotopic (exact) mass is 264 g/mol. The van der Waals surface area contributed by atoms with E-state index in [1.54, 1.807) is 11.3 Å². The number of aryl methyl sites for hydroxylation is 2. The van der Waals surface area contributed by atoms with Gasteiger partial charge in [-0.05, 0) is 25.0 Å². The van der Waals surface area contributed by atoms with Crippen LogP contribution >= 0.6 is 11.3 Å². The second-order valence-electron chi connectivity index (χ2n) is 4.79. The molecule has 0 aliphatic heterocycles. The standard InChI is InChI=1S/C13H20N4S/c1-8(2)12-11(14)13(17(4)16-12)15-7-10-6-5-9(3)18-10/h5-6,8,15H,7,14H2,1-4H3. The smallest absolute Gasteiger partial charge is 0.148 e. The lowest BCUT2D eigenvalue weighted by Crippen LogP contribution is -2.05. The molecule has 2 rings (SSSR count). The predicted octanol–water partition coefficient (Wildman–Crippen LogP) is 3.11. The summed E-state index contributed by atoms with van der Waals surface area (Å²) in [4.78, 5) is 2.63. The highest BCUT2D eigenvalue weighted by Crippen LogP contribution is 2.28. The number of anilines is 2. The third-order valence-electron chi connectivity index (χ3n) is 2.89. The molecule has 4 nitrogen and oxygen atoms in total. The minimum atomic E-state index is 0.343. The lowest BCUT2D eigenvalue weighted by atomic mass is 10.1. The average molecular weight is 264 g/mol. The predicted molar refractivity (Wildman–Crippen MR) is 78.1 cm³/mol. The van der Waals surface area contributed by atoms with Crippen LogP contribution in [0.15, 0.2) is 12.1 Å². The van der Waals surface area contributed by atoms with E-state index in [4.69, 9.17) is 5.73 Å². The van der Waals surface area contributed by atoms with Gasteiger partial charge in [-0.1, -0.05) is 13.8 Å². The zero-order valence-corrected chi connectivity index (χ0v) is 12.1. The molecule has 98 valence electrons. The molecular formula is C13H20N4S. The van der Waals surface area contributed by atoms with E-state index in [1.165, 1.54) is 9.75 Å². The Hall–Kier alpha value is -1.49. The quantitative estimate of drug-likeness (QED) is 0.892. The fourth-order valence-corrected chi connectivity index (χ4v) is 2.78. The molecule has 0 amide bonds. The van der Waals surface area contributed by atoms with E-state index >= 15 is 0 Å². The van der Waals surface area contributed by atoms with Gasteiger partial charge < -0.3 is 11.1 Å². The van der Waals surface area contributed by atoms with Crippen molar-refractivity contribution in [2.75, 3.05) is 11.1 Å². The highest BCUT2D eigenvalue weighted by molar-refractivity contribution is 7.11. The van der Waals surface area contributed by atoms with E-state index in [-0.39, 0.29) is 0 Å². The molecular weight excluding hydrogens is 244 g/mol. The SMILES string of the molecule is Cc1ccc(CNc2c(N)c(C(C)C)nn2C)s1. The van der Waals surface area contributed by atoms with Crippen LogP contribution in [0.4, 0.5) is 11.5 Å². The third-order valence-corrected chi connectivity index (χ3v) is 3.89. The van der Waals surface area contributed by atoms with Gasteiger partial charge in [0.25, 0.3) is 0 Å². The van der Waals surface area contributed by atoms with Crippen LogP contribution in [-0.4, -0.2) is 9.78 Å². The van der Waals surface area contributed by atoms with Gasteiger partial charge >= 0.3 is 0 Å². The summed E-state index contributed by atoms with van der Waals surface area (Å²) in [6.45, 7) is 7.11. The Balaban J connectivity index is 2.14. The van der Waals surface area contributed by atoms with Crippen LogP contribution in [0, 0.1) is 6.92 Å². The van der Waals surface area contributed by atoms with Gasteiger partial charge in [-0.25, -0.2) is 0 Å². The van der Waals surface area contributed by atoms with Crippen LogP contribution in [0.3, 0.4) is 0 Å². The van der Waals surface area contributed by atoms with Crippen molar-refractivity contribution >= 4 is 22.8 Å². The maximum absolute atomic E-state index is 6.13. The number of nitrogen functional groups attached to an aromatic ring is 1. The number of aromatic nitrogens is 2. The average Bonchev–Trinajstić information content (AvgIpc) is 2.82. The van der Waals surface area contributed by atoms with E-state index in [0.29, 0.717) is 5.92 Å². The van der Waals surface area contributed by atoms with E-state index < -0.39 is 0 Å². The number of hydrogen-bond acceptors (Lipinski definition) is 4. The molecule has 3 N–H and O–H groups in total. The van der Waals surface area contributed by atoms with Crippen molar-refractivity contribution in [2.24, 2.45) is 7.05 Å². The molecule has 2 heterocycles. The first-order chi connectivity index (χ1) is 8.49. The van der Waals surface area contributed by atoms with Gasteiger partial charge in [0.05, 0.1) is 17.9 Å². The maximum atomic E-state index is 6.13. The van der Waals surface area contributed by atoms with E-state index in [2.05, 4.69) is 43.3 Å². The number of hydrogen-bond donors (Lipinski definition) is 2. The number of nitrogens with one attached hydrogen (secondary N) is 1. The van der Waals surface area contributed by atoms with Crippen LogP contribution in [0.5, 0.6) is 0 Å². The lowest BCUT2D eigenvalue weighted by molar-refractivity contribution is 0.715.